The molecule has 0 rings (SSSR count). The second kappa shape index (κ2) is 4.60. The number of rotatable bonds is 4. The summed E-state index contributed by atoms with van der Waals surface area (Å²) in [7, 11) is 0. The highest BCUT2D eigenvalue weighted by molar-refractivity contribution is 4.90. The lowest BCUT2D eigenvalue weighted by molar-refractivity contribution is 0.295. The minimum Gasteiger partial charge on any atom is -0.386 e. The van der Waals surface area contributed by atoms with Crippen LogP contribution < -0.4 is 0 Å². The van der Waals surface area contributed by atoms with E-state index in [1.807, 2.05) is 0 Å². The Morgan fingerprint density at radius 2 is 1.62 bits per heavy atom. The van der Waals surface area contributed by atoms with Gasteiger partial charge in [0.2, 0.25) is 0 Å². The third-order valence-corrected chi connectivity index (χ3v) is 0.760. The van der Waals surface area contributed by atoms with Crippen molar-refractivity contribution in [3.8, 4) is 0 Å². The summed E-state index contributed by atoms with van der Waals surface area (Å²) in [6, 6.07) is 0. The zero-order valence-corrected chi connectivity index (χ0v) is 4.93. The maximum Gasteiger partial charge on any atom is 0.101 e. The lowest BCUT2D eigenvalue weighted by Crippen LogP contribution is -1.89. The highest BCUT2D eigenvalue weighted by Gasteiger charge is 1.96. The van der Waals surface area contributed by atoms with E-state index >= 15 is 0 Å². The van der Waals surface area contributed by atoms with Crippen LogP contribution >= 0.6 is 0 Å². The van der Waals surface area contributed by atoms with Gasteiger partial charge < -0.3 is 5.11 Å². The van der Waals surface area contributed by atoms with Crippen LogP contribution in [0, 0.1) is 6.10 Å². The predicted molar refractivity (Wildman–Crippen MR) is 34.8 cm³/mol. The Hall–Kier alpha value is -0.560. The summed E-state index contributed by atoms with van der Waals surface area (Å²) < 4.78 is 0. The van der Waals surface area contributed by atoms with E-state index in [0.29, 0.717) is 18.9 Å². The van der Waals surface area contributed by atoms with Crippen molar-refractivity contribution >= 4 is 0 Å². The van der Waals surface area contributed by atoms with E-state index in [2.05, 4.69) is 13.2 Å². The lowest BCUT2D eigenvalue weighted by Gasteiger charge is -1.98. The molecule has 0 amide bonds. The van der Waals surface area contributed by atoms with Crippen LogP contribution in [0.3, 0.4) is 0 Å². The molecular formula is C7H11O. The quantitative estimate of drug-likeness (QED) is 0.550. The molecule has 8 heavy (non-hydrogen) atoms. The van der Waals surface area contributed by atoms with Gasteiger partial charge in [-0.2, -0.15) is 0 Å². The van der Waals surface area contributed by atoms with Gasteiger partial charge in [-0.1, -0.05) is 12.2 Å². The molecule has 0 atom stereocenters. The minimum absolute atomic E-state index is 0.426. The fraction of sp³-hybridized carbons (Fsp3) is 0.286. The fourth-order valence-electron chi connectivity index (χ4n) is 0.417. The van der Waals surface area contributed by atoms with Crippen molar-refractivity contribution in [3.63, 3.8) is 0 Å². The maximum atomic E-state index is 8.82. The molecular weight excluding hydrogens is 100 g/mol. The van der Waals surface area contributed by atoms with Crippen LogP contribution in [-0.2, 0) is 0 Å². The van der Waals surface area contributed by atoms with Gasteiger partial charge in [-0.15, -0.1) is 13.2 Å². The molecule has 0 aliphatic rings. The highest BCUT2D eigenvalue weighted by atomic mass is 16.3. The molecule has 0 unspecified atom stereocenters. The van der Waals surface area contributed by atoms with E-state index in [4.69, 9.17) is 5.11 Å². The zero-order chi connectivity index (χ0) is 6.41. The Labute approximate surface area is 50.3 Å². The molecule has 0 bridgehead atoms. The molecule has 0 aromatic rings. The molecule has 0 aromatic carbocycles. The van der Waals surface area contributed by atoms with Gasteiger partial charge in [-0.3, -0.25) is 0 Å². The molecule has 0 aromatic heterocycles. The second-order valence-corrected chi connectivity index (χ2v) is 1.55. The number of hydrogen-bond donors (Lipinski definition) is 1. The standard InChI is InChI=1S/C7H11O/c1-3-5-7(8)6-4-2/h3-4,8H,1-2,5-6H2. The third kappa shape index (κ3) is 3.62. The molecule has 0 heterocycles. The van der Waals surface area contributed by atoms with Gasteiger partial charge in [-0.05, 0) is 12.8 Å². The maximum absolute atomic E-state index is 8.82. The van der Waals surface area contributed by atoms with Crippen molar-refractivity contribution in [2.75, 3.05) is 0 Å². The first-order chi connectivity index (χ1) is 3.81. The molecule has 45 valence electrons. The summed E-state index contributed by atoms with van der Waals surface area (Å²) in [5.74, 6) is 0. The molecule has 0 aliphatic carbocycles. The molecule has 1 nitrogen and oxygen atoms in total. The van der Waals surface area contributed by atoms with Crippen molar-refractivity contribution in [2.45, 2.75) is 12.8 Å². The summed E-state index contributed by atoms with van der Waals surface area (Å²) in [5.41, 5.74) is 0. The minimum atomic E-state index is 0.426. The van der Waals surface area contributed by atoms with Crippen molar-refractivity contribution in [1.29, 1.82) is 0 Å². The molecule has 0 saturated heterocycles. The average Bonchev–Trinajstić information content (AvgIpc) is 1.68. The van der Waals surface area contributed by atoms with Crippen LogP contribution in [0.4, 0.5) is 0 Å². The van der Waals surface area contributed by atoms with Crippen molar-refractivity contribution in [2.24, 2.45) is 0 Å². The van der Waals surface area contributed by atoms with Crippen molar-refractivity contribution in [3.05, 3.63) is 31.4 Å². The average molecular weight is 111 g/mol. The van der Waals surface area contributed by atoms with Gasteiger partial charge in [0.15, 0.2) is 0 Å². The number of aliphatic hydroxyl groups is 1. The number of aliphatic hydroxyl groups excluding tert-OH is 1. The van der Waals surface area contributed by atoms with E-state index in [1.165, 1.54) is 0 Å². The fourth-order valence-corrected chi connectivity index (χ4v) is 0.417. The summed E-state index contributed by atoms with van der Waals surface area (Å²) >= 11 is 0. The van der Waals surface area contributed by atoms with Crippen LogP contribution in [0.15, 0.2) is 25.3 Å². The summed E-state index contributed by atoms with van der Waals surface area (Å²) in [6.45, 7) is 6.94. The Morgan fingerprint density at radius 1 is 1.25 bits per heavy atom. The highest BCUT2D eigenvalue weighted by Crippen LogP contribution is 2.06. The first-order valence-corrected chi connectivity index (χ1v) is 2.56. The molecule has 0 saturated carbocycles. The Kier molecular flexibility index (Phi) is 4.27. The van der Waals surface area contributed by atoms with E-state index in [-0.39, 0.29) is 0 Å². The Balaban J connectivity index is 3.16. The largest absolute Gasteiger partial charge is 0.386 e. The SMILES string of the molecule is C=CC[C](O)CC=C. The Morgan fingerprint density at radius 3 is 1.88 bits per heavy atom. The topological polar surface area (TPSA) is 20.2 Å². The van der Waals surface area contributed by atoms with E-state index < -0.39 is 0 Å². The Bertz CT molecular complexity index is 66.5. The normalized spacial score (nSPS) is 9.25. The van der Waals surface area contributed by atoms with Gasteiger partial charge in [0.1, 0.15) is 6.10 Å². The van der Waals surface area contributed by atoms with Crippen LogP contribution in [0.2, 0.25) is 0 Å². The third-order valence-electron chi connectivity index (χ3n) is 0.760. The monoisotopic (exact) mass is 111 g/mol. The van der Waals surface area contributed by atoms with Crippen LogP contribution in [0.5, 0.6) is 0 Å². The summed E-state index contributed by atoms with van der Waals surface area (Å²) in [6.07, 6.45) is 4.91. The smallest absolute Gasteiger partial charge is 0.101 e. The summed E-state index contributed by atoms with van der Waals surface area (Å²) in [4.78, 5) is 0. The predicted octanol–water partition coefficient (Wildman–Crippen LogP) is 2.04. The van der Waals surface area contributed by atoms with E-state index in [0.717, 1.165) is 0 Å². The van der Waals surface area contributed by atoms with Crippen LogP contribution in [-0.4, -0.2) is 5.11 Å². The second-order valence-electron chi connectivity index (χ2n) is 1.55. The summed E-state index contributed by atoms with van der Waals surface area (Å²) in [5, 5.41) is 8.82. The molecule has 0 spiro atoms. The zero-order valence-electron chi connectivity index (χ0n) is 4.93. The molecule has 1 heteroatoms. The van der Waals surface area contributed by atoms with Crippen molar-refractivity contribution < 1.29 is 5.11 Å². The van der Waals surface area contributed by atoms with Crippen LogP contribution in [0.1, 0.15) is 12.8 Å². The van der Waals surface area contributed by atoms with Gasteiger partial charge in [0.05, 0.1) is 0 Å². The lowest BCUT2D eigenvalue weighted by atomic mass is 10.2. The number of hydrogen-bond acceptors (Lipinski definition) is 1. The molecule has 0 aliphatic heterocycles. The molecule has 1 N–H and O–H groups in total. The van der Waals surface area contributed by atoms with E-state index in [9.17, 15) is 0 Å². The van der Waals surface area contributed by atoms with Gasteiger partial charge >= 0.3 is 0 Å². The first kappa shape index (κ1) is 7.44. The molecule has 1 radical (unpaired) electrons. The van der Waals surface area contributed by atoms with Gasteiger partial charge in [0, 0.05) is 0 Å². The van der Waals surface area contributed by atoms with Gasteiger partial charge in [-0.25, -0.2) is 0 Å². The first-order valence-electron chi connectivity index (χ1n) is 2.56. The van der Waals surface area contributed by atoms with Crippen molar-refractivity contribution in [1.82, 2.24) is 0 Å². The van der Waals surface area contributed by atoms with Gasteiger partial charge in [0.25, 0.3) is 0 Å². The van der Waals surface area contributed by atoms with E-state index in [1.54, 1.807) is 12.2 Å². The van der Waals surface area contributed by atoms with Crippen LogP contribution in [0.25, 0.3) is 0 Å². The molecule has 0 fully saturated rings.